The van der Waals surface area contributed by atoms with Crippen LogP contribution in [-0.4, -0.2) is 12.0 Å². The topological polar surface area (TPSA) is 38.3 Å². The highest BCUT2D eigenvalue weighted by atomic mass is 16.5. The molecule has 3 aromatic rings. The van der Waals surface area contributed by atoms with Crippen LogP contribution in [0.4, 0.5) is 0 Å². The molecule has 3 nitrogen and oxygen atoms in total. The summed E-state index contributed by atoms with van der Waals surface area (Å²) in [5, 5.41) is 5.38. The van der Waals surface area contributed by atoms with Crippen LogP contribution in [0.25, 0.3) is 10.8 Å². The lowest BCUT2D eigenvalue weighted by Gasteiger charge is -2.22. The fraction of sp³-hybridized carbons (Fsp3) is 0.292. The van der Waals surface area contributed by atoms with Gasteiger partial charge in [-0.2, -0.15) is 0 Å². The van der Waals surface area contributed by atoms with Crippen LogP contribution in [0.15, 0.2) is 60.7 Å². The molecule has 3 rings (SSSR count). The van der Waals surface area contributed by atoms with E-state index in [2.05, 4.69) is 50.4 Å². The van der Waals surface area contributed by atoms with Gasteiger partial charge < -0.3 is 10.1 Å². The quantitative estimate of drug-likeness (QED) is 0.630. The summed E-state index contributed by atoms with van der Waals surface area (Å²) in [5.74, 6) is 0.601. The Bertz CT molecular complexity index is 948. The molecule has 2 atom stereocenters. The van der Waals surface area contributed by atoms with Crippen molar-refractivity contribution >= 4 is 16.7 Å². The van der Waals surface area contributed by atoms with Gasteiger partial charge in [0.15, 0.2) is 6.10 Å². The van der Waals surface area contributed by atoms with Gasteiger partial charge in [0.05, 0.1) is 6.04 Å². The molecule has 3 aromatic carbocycles. The molecule has 0 aliphatic carbocycles. The van der Waals surface area contributed by atoms with Crippen molar-refractivity contribution in [3.63, 3.8) is 0 Å². The Kier molecular flexibility index (Phi) is 5.80. The number of carbonyl (C=O) groups is 1. The van der Waals surface area contributed by atoms with E-state index >= 15 is 0 Å². The van der Waals surface area contributed by atoms with Crippen molar-refractivity contribution in [3.05, 3.63) is 77.4 Å². The van der Waals surface area contributed by atoms with Gasteiger partial charge in [-0.1, -0.05) is 55.5 Å². The highest BCUT2D eigenvalue weighted by molar-refractivity contribution is 5.84. The largest absolute Gasteiger partial charge is 0.481 e. The van der Waals surface area contributed by atoms with Gasteiger partial charge in [0.25, 0.3) is 5.91 Å². The third-order valence-corrected chi connectivity index (χ3v) is 5.06. The Morgan fingerprint density at radius 1 is 0.963 bits per heavy atom. The molecule has 0 aliphatic heterocycles. The first-order valence-corrected chi connectivity index (χ1v) is 9.51. The van der Waals surface area contributed by atoms with Crippen molar-refractivity contribution in [2.24, 2.45) is 0 Å². The van der Waals surface area contributed by atoms with Gasteiger partial charge in [0, 0.05) is 0 Å². The van der Waals surface area contributed by atoms with Crippen molar-refractivity contribution in [1.82, 2.24) is 5.32 Å². The molecular formula is C24H27NO2. The Hall–Kier alpha value is -2.81. The highest BCUT2D eigenvalue weighted by Crippen LogP contribution is 2.23. The molecule has 27 heavy (non-hydrogen) atoms. The van der Waals surface area contributed by atoms with Crippen molar-refractivity contribution < 1.29 is 9.53 Å². The summed E-state index contributed by atoms with van der Waals surface area (Å²) in [7, 11) is 0. The van der Waals surface area contributed by atoms with E-state index in [9.17, 15) is 4.79 Å². The Morgan fingerprint density at radius 2 is 1.70 bits per heavy atom. The predicted molar refractivity (Wildman–Crippen MR) is 111 cm³/mol. The number of amides is 1. The number of carbonyl (C=O) groups excluding carboxylic acids is 1. The lowest BCUT2D eigenvalue weighted by Crippen LogP contribution is -2.38. The van der Waals surface area contributed by atoms with E-state index < -0.39 is 6.10 Å². The SMILES string of the molecule is CC[C@@H](NC(=O)[C@H](C)Oc1ccc2ccccc2c1)c1ccc(C)c(C)c1. The first-order valence-electron chi connectivity index (χ1n) is 9.51. The number of hydrogen-bond acceptors (Lipinski definition) is 2. The molecule has 0 saturated carbocycles. The van der Waals surface area contributed by atoms with Crippen LogP contribution in [0.3, 0.4) is 0 Å². The average molecular weight is 361 g/mol. The molecule has 0 radical (unpaired) electrons. The van der Waals surface area contributed by atoms with Gasteiger partial charge in [-0.25, -0.2) is 0 Å². The molecule has 0 aliphatic rings. The number of aryl methyl sites for hydroxylation is 2. The van der Waals surface area contributed by atoms with Crippen LogP contribution >= 0.6 is 0 Å². The molecule has 3 heteroatoms. The Balaban J connectivity index is 1.68. The second kappa shape index (κ2) is 8.26. The van der Waals surface area contributed by atoms with Crippen molar-refractivity contribution in [2.45, 2.75) is 46.3 Å². The fourth-order valence-corrected chi connectivity index (χ4v) is 3.19. The molecule has 0 unspecified atom stereocenters. The maximum atomic E-state index is 12.7. The molecular weight excluding hydrogens is 334 g/mol. The van der Waals surface area contributed by atoms with Crippen molar-refractivity contribution in [3.8, 4) is 5.75 Å². The summed E-state index contributed by atoms with van der Waals surface area (Å²) < 4.78 is 5.90. The number of nitrogens with one attached hydrogen (secondary N) is 1. The maximum absolute atomic E-state index is 12.7. The molecule has 0 heterocycles. The second-order valence-electron chi connectivity index (χ2n) is 7.08. The number of fused-ring (bicyclic) bond motifs is 1. The summed E-state index contributed by atoms with van der Waals surface area (Å²) in [6.07, 6.45) is 0.267. The number of ether oxygens (including phenoxy) is 1. The monoisotopic (exact) mass is 361 g/mol. The molecule has 0 spiro atoms. The van der Waals surface area contributed by atoms with Crippen LogP contribution in [0.2, 0.25) is 0 Å². The molecule has 1 amide bonds. The summed E-state index contributed by atoms with van der Waals surface area (Å²) in [5.41, 5.74) is 3.63. The molecule has 0 aromatic heterocycles. The minimum Gasteiger partial charge on any atom is -0.481 e. The molecule has 0 fully saturated rings. The smallest absolute Gasteiger partial charge is 0.261 e. The minimum absolute atomic E-state index is 0.0144. The Morgan fingerprint density at radius 3 is 2.41 bits per heavy atom. The van der Waals surface area contributed by atoms with E-state index in [-0.39, 0.29) is 11.9 Å². The summed E-state index contributed by atoms with van der Waals surface area (Å²) in [6, 6.07) is 20.3. The highest BCUT2D eigenvalue weighted by Gasteiger charge is 2.19. The number of rotatable bonds is 6. The van der Waals surface area contributed by atoms with Gasteiger partial charge in [0.2, 0.25) is 0 Å². The van der Waals surface area contributed by atoms with E-state index in [4.69, 9.17) is 4.74 Å². The molecule has 0 bridgehead atoms. The van der Waals surface area contributed by atoms with Gasteiger partial charge in [-0.05, 0) is 66.8 Å². The summed E-state index contributed by atoms with van der Waals surface area (Å²) >= 11 is 0. The zero-order valence-corrected chi connectivity index (χ0v) is 16.5. The van der Waals surface area contributed by atoms with Gasteiger partial charge >= 0.3 is 0 Å². The standard InChI is InChI=1S/C24H27NO2/c1-5-23(21-11-10-16(2)17(3)14-21)25-24(26)18(4)27-22-13-12-19-8-6-7-9-20(19)15-22/h6-15,18,23H,5H2,1-4H3,(H,25,26)/t18-,23+/m0/s1. The van der Waals surface area contributed by atoms with E-state index in [1.807, 2.05) is 36.4 Å². The summed E-state index contributed by atoms with van der Waals surface area (Å²) in [6.45, 7) is 8.06. The van der Waals surface area contributed by atoms with Gasteiger partial charge in [-0.3, -0.25) is 4.79 Å². The average Bonchev–Trinajstić information content (AvgIpc) is 2.68. The van der Waals surface area contributed by atoms with E-state index in [0.29, 0.717) is 5.75 Å². The van der Waals surface area contributed by atoms with Crippen molar-refractivity contribution in [1.29, 1.82) is 0 Å². The predicted octanol–water partition coefficient (Wildman–Crippen LogP) is 5.49. The fourth-order valence-electron chi connectivity index (χ4n) is 3.19. The normalized spacial score (nSPS) is 13.2. The third-order valence-electron chi connectivity index (χ3n) is 5.06. The van der Waals surface area contributed by atoms with Gasteiger partial charge in [0.1, 0.15) is 5.75 Å². The lowest BCUT2D eigenvalue weighted by molar-refractivity contribution is -0.128. The van der Waals surface area contributed by atoms with E-state index in [1.54, 1.807) is 6.92 Å². The summed E-state index contributed by atoms with van der Waals surface area (Å²) in [4.78, 5) is 12.7. The lowest BCUT2D eigenvalue weighted by atomic mass is 9.99. The zero-order chi connectivity index (χ0) is 19.4. The Labute approximate surface area is 161 Å². The second-order valence-corrected chi connectivity index (χ2v) is 7.08. The minimum atomic E-state index is -0.563. The van der Waals surface area contributed by atoms with Crippen LogP contribution in [0.5, 0.6) is 5.75 Å². The molecule has 0 saturated heterocycles. The molecule has 140 valence electrons. The maximum Gasteiger partial charge on any atom is 0.261 e. The first kappa shape index (κ1) is 19.0. The third kappa shape index (κ3) is 4.48. The zero-order valence-electron chi connectivity index (χ0n) is 16.5. The van der Waals surface area contributed by atoms with Crippen LogP contribution in [0.1, 0.15) is 43.0 Å². The van der Waals surface area contributed by atoms with Crippen LogP contribution in [-0.2, 0) is 4.79 Å². The van der Waals surface area contributed by atoms with Crippen molar-refractivity contribution in [2.75, 3.05) is 0 Å². The van der Waals surface area contributed by atoms with Crippen LogP contribution in [0, 0.1) is 13.8 Å². The number of hydrogen-bond donors (Lipinski definition) is 1. The van der Waals surface area contributed by atoms with E-state index in [0.717, 1.165) is 22.8 Å². The number of benzene rings is 3. The van der Waals surface area contributed by atoms with Gasteiger partial charge in [-0.15, -0.1) is 0 Å². The molecule has 1 N–H and O–H groups in total. The van der Waals surface area contributed by atoms with Crippen LogP contribution < -0.4 is 10.1 Å². The van der Waals surface area contributed by atoms with E-state index in [1.165, 1.54) is 11.1 Å². The first-order chi connectivity index (χ1) is 13.0.